The van der Waals surface area contributed by atoms with Crippen LogP contribution >= 0.6 is 0 Å². The number of methoxy groups -OCH3 is 1. The number of ether oxygens (including phenoxy) is 1. The number of hydrogen-bond acceptors (Lipinski definition) is 4. The SMILES string of the molecule is COc1n[nH]c2c(F)c(NC(=O)NC(C)c3ccccc3)ncc12. The number of pyridine rings is 1. The number of nitrogens with zero attached hydrogens (tertiary/aromatic N) is 2. The zero-order chi connectivity index (χ0) is 17.1. The summed E-state index contributed by atoms with van der Waals surface area (Å²) in [5.41, 5.74) is 1.06. The third kappa shape index (κ3) is 2.98. The maximum Gasteiger partial charge on any atom is 0.320 e. The molecule has 1 unspecified atom stereocenters. The summed E-state index contributed by atoms with van der Waals surface area (Å²) in [6, 6.07) is 8.66. The van der Waals surface area contributed by atoms with E-state index in [0.717, 1.165) is 5.56 Å². The van der Waals surface area contributed by atoms with Crippen molar-refractivity contribution >= 4 is 22.8 Å². The van der Waals surface area contributed by atoms with Gasteiger partial charge >= 0.3 is 6.03 Å². The molecule has 1 aromatic carbocycles. The van der Waals surface area contributed by atoms with E-state index in [-0.39, 0.29) is 23.3 Å². The lowest BCUT2D eigenvalue weighted by molar-refractivity contribution is 0.249. The molecule has 24 heavy (non-hydrogen) atoms. The number of amides is 2. The highest BCUT2D eigenvalue weighted by Gasteiger charge is 2.17. The van der Waals surface area contributed by atoms with Crippen LogP contribution in [0.25, 0.3) is 10.9 Å². The highest BCUT2D eigenvalue weighted by Crippen LogP contribution is 2.26. The Balaban J connectivity index is 1.75. The highest BCUT2D eigenvalue weighted by molar-refractivity contribution is 5.92. The van der Waals surface area contributed by atoms with Crippen LogP contribution in [0.5, 0.6) is 5.88 Å². The summed E-state index contributed by atoms with van der Waals surface area (Å²) >= 11 is 0. The summed E-state index contributed by atoms with van der Waals surface area (Å²) in [5, 5.41) is 11.9. The van der Waals surface area contributed by atoms with E-state index in [2.05, 4.69) is 25.8 Å². The van der Waals surface area contributed by atoms with Gasteiger partial charge in [0.2, 0.25) is 5.88 Å². The summed E-state index contributed by atoms with van der Waals surface area (Å²) in [5.74, 6) is -0.650. The van der Waals surface area contributed by atoms with Crippen molar-refractivity contribution in [2.75, 3.05) is 12.4 Å². The molecule has 0 spiro atoms. The Bertz CT molecular complexity index is 866. The predicted molar refractivity (Wildman–Crippen MR) is 87.4 cm³/mol. The minimum absolute atomic E-state index is 0.119. The van der Waals surface area contributed by atoms with Crippen LogP contribution < -0.4 is 15.4 Å². The molecule has 0 fully saturated rings. The largest absolute Gasteiger partial charge is 0.479 e. The van der Waals surface area contributed by atoms with E-state index in [9.17, 15) is 9.18 Å². The van der Waals surface area contributed by atoms with Gasteiger partial charge in [-0.15, -0.1) is 5.10 Å². The Kier molecular flexibility index (Phi) is 4.28. The van der Waals surface area contributed by atoms with Crippen LogP contribution in [-0.4, -0.2) is 28.3 Å². The second-order valence-electron chi connectivity index (χ2n) is 5.17. The molecule has 124 valence electrons. The maximum absolute atomic E-state index is 14.4. The van der Waals surface area contributed by atoms with E-state index in [1.807, 2.05) is 37.3 Å². The molecule has 0 bridgehead atoms. The number of anilines is 1. The maximum atomic E-state index is 14.4. The van der Waals surface area contributed by atoms with Crippen molar-refractivity contribution in [3.8, 4) is 5.88 Å². The molecule has 7 nitrogen and oxygen atoms in total. The Labute approximate surface area is 137 Å². The van der Waals surface area contributed by atoms with E-state index in [0.29, 0.717) is 5.39 Å². The average Bonchev–Trinajstić information content (AvgIpc) is 3.02. The van der Waals surface area contributed by atoms with Crippen molar-refractivity contribution in [2.45, 2.75) is 13.0 Å². The first kappa shape index (κ1) is 15.7. The molecular formula is C16H16FN5O2. The van der Waals surface area contributed by atoms with Crippen molar-refractivity contribution in [2.24, 2.45) is 0 Å². The van der Waals surface area contributed by atoms with E-state index in [4.69, 9.17) is 4.74 Å². The minimum Gasteiger partial charge on any atom is -0.479 e. The van der Waals surface area contributed by atoms with Crippen molar-refractivity contribution < 1.29 is 13.9 Å². The third-order valence-electron chi connectivity index (χ3n) is 3.59. The Hall–Kier alpha value is -3.16. The van der Waals surface area contributed by atoms with E-state index < -0.39 is 11.8 Å². The van der Waals surface area contributed by atoms with Gasteiger partial charge in [0.1, 0.15) is 5.52 Å². The number of fused-ring (bicyclic) bond motifs is 1. The number of urea groups is 1. The number of aromatic amines is 1. The summed E-state index contributed by atoms with van der Waals surface area (Å²) in [4.78, 5) is 16.0. The number of benzene rings is 1. The van der Waals surface area contributed by atoms with Gasteiger partial charge in [0, 0.05) is 6.20 Å². The number of nitrogens with one attached hydrogen (secondary N) is 3. The number of H-pyrrole nitrogens is 1. The molecule has 0 aliphatic heterocycles. The van der Waals surface area contributed by atoms with Crippen molar-refractivity contribution in [1.29, 1.82) is 0 Å². The molecule has 2 aromatic heterocycles. The van der Waals surface area contributed by atoms with Gasteiger partial charge in [0.25, 0.3) is 0 Å². The van der Waals surface area contributed by atoms with Crippen LogP contribution in [0.1, 0.15) is 18.5 Å². The smallest absolute Gasteiger partial charge is 0.320 e. The number of rotatable bonds is 4. The predicted octanol–water partition coefficient (Wildman–Crippen LogP) is 2.99. The summed E-state index contributed by atoms with van der Waals surface area (Å²) in [6.07, 6.45) is 1.39. The molecule has 0 radical (unpaired) electrons. The first-order valence-corrected chi connectivity index (χ1v) is 7.29. The van der Waals surface area contributed by atoms with Crippen LogP contribution in [0.4, 0.5) is 15.0 Å². The monoisotopic (exact) mass is 329 g/mol. The zero-order valence-corrected chi connectivity index (χ0v) is 13.1. The molecule has 8 heteroatoms. The van der Waals surface area contributed by atoms with Crippen molar-refractivity contribution in [3.63, 3.8) is 0 Å². The molecule has 1 atom stereocenters. The van der Waals surface area contributed by atoms with Gasteiger partial charge < -0.3 is 10.1 Å². The second-order valence-corrected chi connectivity index (χ2v) is 5.17. The average molecular weight is 329 g/mol. The molecule has 3 rings (SSSR count). The lowest BCUT2D eigenvalue weighted by atomic mass is 10.1. The van der Waals surface area contributed by atoms with E-state index in [1.165, 1.54) is 13.3 Å². The molecule has 0 saturated carbocycles. The molecule has 0 aliphatic rings. The molecule has 3 N–H and O–H groups in total. The fraction of sp³-hybridized carbons (Fsp3) is 0.188. The van der Waals surface area contributed by atoms with Crippen LogP contribution in [0.3, 0.4) is 0 Å². The molecule has 3 aromatic rings. The Morgan fingerprint density at radius 1 is 1.33 bits per heavy atom. The zero-order valence-electron chi connectivity index (χ0n) is 13.1. The summed E-state index contributed by atoms with van der Waals surface area (Å²) in [6.45, 7) is 1.83. The summed E-state index contributed by atoms with van der Waals surface area (Å²) in [7, 11) is 1.43. The first-order valence-electron chi connectivity index (χ1n) is 7.29. The van der Waals surface area contributed by atoms with Crippen LogP contribution in [0.2, 0.25) is 0 Å². The van der Waals surface area contributed by atoms with E-state index >= 15 is 0 Å². The first-order chi connectivity index (χ1) is 11.6. The van der Waals surface area contributed by atoms with Gasteiger partial charge in [0.15, 0.2) is 11.6 Å². The molecule has 0 aliphatic carbocycles. The number of hydrogen-bond donors (Lipinski definition) is 3. The Morgan fingerprint density at radius 2 is 2.08 bits per heavy atom. The molecular weight excluding hydrogens is 313 g/mol. The van der Waals surface area contributed by atoms with Crippen LogP contribution in [0, 0.1) is 5.82 Å². The van der Waals surface area contributed by atoms with E-state index in [1.54, 1.807) is 0 Å². The number of carbonyl (C=O) groups excluding carboxylic acids is 1. The second kappa shape index (κ2) is 6.53. The third-order valence-corrected chi connectivity index (χ3v) is 3.59. The van der Waals surface area contributed by atoms with Crippen LogP contribution in [0.15, 0.2) is 36.5 Å². The van der Waals surface area contributed by atoms with Crippen LogP contribution in [-0.2, 0) is 0 Å². The molecule has 2 heterocycles. The standard InChI is InChI=1S/C16H16FN5O2/c1-9(10-6-4-3-5-7-10)19-16(23)20-14-12(17)13-11(8-18-14)15(24-2)22-21-13/h3-9H,1-2H3,(H,21,22)(H2,18,19,20,23). The van der Waals surface area contributed by atoms with Gasteiger partial charge in [-0.1, -0.05) is 30.3 Å². The number of halogens is 1. The summed E-state index contributed by atoms with van der Waals surface area (Å²) < 4.78 is 19.4. The fourth-order valence-corrected chi connectivity index (χ4v) is 2.33. The topological polar surface area (TPSA) is 91.9 Å². The van der Waals surface area contributed by atoms with Gasteiger partial charge in [-0.3, -0.25) is 10.4 Å². The normalized spacial score (nSPS) is 12.0. The van der Waals surface area contributed by atoms with Crippen molar-refractivity contribution in [3.05, 3.63) is 47.9 Å². The highest BCUT2D eigenvalue weighted by atomic mass is 19.1. The lowest BCUT2D eigenvalue weighted by Gasteiger charge is -2.15. The van der Waals surface area contributed by atoms with Gasteiger partial charge in [-0.05, 0) is 12.5 Å². The lowest BCUT2D eigenvalue weighted by Crippen LogP contribution is -2.31. The minimum atomic E-state index is -0.703. The van der Waals surface area contributed by atoms with Gasteiger partial charge in [-0.25, -0.2) is 14.2 Å². The van der Waals surface area contributed by atoms with Gasteiger partial charge in [-0.2, -0.15) is 0 Å². The molecule has 2 amide bonds. The fourth-order valence-electron chi connectivity index (χ4n) is 2.33. The molecule has 0 saturated heterocycles. The number of carbonyl (C=O) groups is 1. The quantitative estimate of drug-likeness (QED) is 0.686. The number of aromatic nitrogens is 3. The Morgan fingerprint density at radius 3 is 2.79 bits per heavy atom. The van der Waals surface area contributed by atoms with Crippen molar-refractivity contribution in [1.82, 2.24) is 20.5 Å². The van der Waals surface area contributed by atoms with Gasteiger partial charge in [0.05, 0.1) is 18.5 Å².